The quantitative estimate of drug-likeness (QED) is 0.185. The molecule has 18 nitrogen and oxygen atoms in total. The van der Waals surface area contributed by atoms with Gasteiger partial charge in [0.1, 0.15) is 76.1 Å². The molecule has 2 aromatic carbocycles. The molecule has 390 valence electrons. The van der Waals surface area contributed by atoms with Crippen molar-refractivity contribution in [1.29, 1.82) is 0 Å². The number of aromatic hydroxyl groups is 2. The second-order valence-electron chi connectivity index (χ2n) is 21.7. The molecule has 6 aliphatic heterocycles. The van der Waals surface area contributed by atoms with E-state index in [9.17, 15) is 34.8 Å². The highest BCUT2D eigenvalue weighted by molar-refractivity contribution is 6.04. The van der Waals surface area contributed by atoms with Crippen LogP contribution in [0.3, 0.4) is 0 Å². The molecular formula is C51H58F4N8O10. The second kappa shape index (κ2) is 18.1. The Hall–Kier alpha value is -6.65. The summed E-state index contributed by atoms with van der Waals surface area (Å²) in [6, 6.07) is 5.44. The van der Waals surface area contributed by atoms with E-state index in [4.69, 9.17) is 14.2 Å². The highest BCUT2D eigenvalue weighted by Gasteiger charge is 2.51. The number of carbonyl (C=O) groups is 3. The number of β-amino-alcohol motifs (C(OH)–C–C–N with tert-alkyl or cyclic N) is 2. The molecule has 4 fully saturated rings. The molecule has 0 spiro atoms. The zero-order chi connectivity index (χ0) is 52.2. The Morgan fingerprint density at radius 2 is 1.19 bits per heavy atom. The Bertz CT molecular complexity index is 2880. The van der Waals surface area contributed by atoms with Crippen molar-refractivity contribution in [3.8, 4) is 45.5 Å². The molecule has 0 saturated carbocycles. The average Bonchev–Trinajstić information content (AvgIpc) is 3.64. The smallest absolute Gasteiger partial charge is 0.410 e. The van der Waals surface area contributed by atoms with Crippen molar-refractivity contribution in [2.24, 2.45) is 0 Å². The Balaban J connectivity index is 0.988. The van der Waals surface area contributed by atoms with Crippen LogP contribution in [-0.4, -0.2) is 181 Å². The second-order valence-corrected chi connectivity index (χ2v) is 21.7. The zero-order valence-corrected chi connectivity index (χ0v) is 41.3. The van der Waals surface area contributed by atoms with Crippen molar-refractivity contribution in [1.82, 2.24) is 29.6 Å². The lowest BCUT2D eigenvalue weighted by Crippen LogP contribution is -2.60. The van der Waals surface area contributed by atoms with Gasteiger partial charge >= 0.3 is 6.09 Å². The van der Waals surface area contributed by atoms with Gasteiger partial charge in [0.2, 0.25) is 0 Å². The molecule has 3 amide bonds. The monoisotopic (exact) mass is 1020 g/mol. The number of phenols is 2. The molecular weight excluding hydrogens is 961 g/mol. The van der Waals surface area contributed by atoms with Crippen LogP contribution in [0, 0.1) is 23.3 Å². The maximum Gasteiger partial charge on any atom is 0.410 e. The summed E-state index contributed by atoms with van der Waals surface area (Å²) in [5.41, 5.74) is -5.54. The predicted molar refractivity (Wildman–Crippen MR) is 256 cm³/mol. The lowest BCUT2D eigenvalue weighted by atomic mass is 9.95. The Morgan fingerprint density at radius 3 is 1.70 bits per heavy atom. The largest absolute Gasteiger partial charge is 0.507 e. The fourth-order valence-electron chi connectivity index (χ4n) is 11.5. The minimum Gasteiger partial charge on any atom is -0.507 e. The number of amides is 3. The number of aliphatic hydroxyl groups is 2. The van der Waals surface area contributed by atoms with Gasteiger partial charge in [-0.3, -0.25) is 14.5 Å². The van der Waals surface area contributed by atoms with E-state index >= 15 is 17.6 Å². The highest BCUT2D eigenvalue weighted by atomic mass is 19.1. The Labute approximate surface area is 418 Å². The number of nitrogens with zero attached hydrogens (tertiary/aromatic N) is 8. The number of anilines is 2. The number of piperazine rings is 2. The van der Waals surface area contributed by atoms with Crippen LogP contribution in [0.2, 0.25) is 0 Å². The number of benzene rings is 2. The molecule has 0 aliphatic carbocycles. The van der Waals surface area contributed by atoms with Crippen molar-refractivity contribution in [2.45, 2.75) is 95.4 Å². The van der Waals surface area contributed by atoms with E-state index in [2.05, 4.69) is 9.97 Å². The van der Waals surface area contributed by atoms with Crippen LogP contribution in [0.4, 0.5) is 34.0 Å². The number of halogens is 4. The van der Waals surface area contributed by atoms with Crippen LogP contribution < -0.4 is 19.3 Å². The molecule has 10 rings (SSSR count). The third-order valence-corrected chi connectivity index (χ3v) is 14.8. The van der Waals surface area contributed by atoms with Crippen LogP contribution in [-0.2, 0) is 4.74 Å². The maximum atomic E-state index is 17.1. The third kappa shape index (κ3) is 8.73. The molecule has 2 aromatic heterocycles. The standard InChI is InChI=1S/C51H58F4N8O10/c1-49(2,3)73-48(70)59-14-16-61-27(20-59)24-72-43-37(47(61)69)45(57-41(39(43)55)35-31(53)10-8-12-33(35)67)63-22-29(65)18-51(63,6)25-58-13-15-60-26(19-58)23-71-42-36(46(60)68)44(62-21-28(64)17-50(62,4)5)56-40(38(42)54)34-30(52)9-7-11-32(34)66/h7-12,26-29,64-67H,13-25H2,1-6H3/t26-,27-,28?,29?,51?/m1/s1. The van der Waals surface area contributed by atoms with Gasteiger partial charge in [0.25, 0.3) is 11.8 Å². The minimum atomic E-state index is -1.20. The van der Waals surface area contributed by atoms with Gasteiger partial charge in [0.15, 0.2) is 23.1 Å². The summed E-state index contributed by atoms with van der Waals surface area (Å²) in [7, 11) is 0. The van der Waals surface area contributed by atoms with E-state index in [1.807, 2.05) is 25.7 Å². The van der Waals surface area contributed by atoms with E-state index in [-0.39, 0.29) is 108 Å². The Morgan fingerprint density at radius 1 is 0.699 bits per heavy atom. The van der Waals surface area contributed by atoms with Crippen LogP contribution in [0.15, 0.2) is 36.4 Å². The van der Waals surface area contributed by atoms with Gasteiger partial charge in [-0.25, -0.2) is 32.3 Å². The lowest BCUT2D eigenvalue weighted by molar-refractivity contribution is 0.000850. The topological polar surface area (TPSA) is 205 Å². The van der Waals surface area contributed by atoms with Gasteiger partial charge in [-0.1, -0.05) is 12.1 Å². The molecule has 0 radical (unpaired) electrons. The van der Waals surface area contributed by atoms with Crippen molar-refractivity contribution < 1.29 is 66.6 Å². The first-order chi connectivity index (χ1) is 34.4. The fraction of sp³-hybridized carbons (Fsp3) is 0.510. The first-order valence-electron chi connectivity index (χ1n) is 24.4. The van der Waals surface area contributed by atoms with Crippen LogP contribution in [0.5, 0.6) is 23.0 Å². The summed E-state index contributed by atoms with van der Waals surface area (Å²) in [6.07, 6.45) is -2.08. The summed E-state index contributed by atoms with van der Waals surface area (Å²) in [4.78, 5) is 62.0. The Kier molecular flexibility index (Phi) is 12.4. The van der Waals surface area contributed by atoms with E-state index in [1.54, 1.807) is 35.5 Å². The van der Waals surface area contributed by atoms with Crippen molar-refractivity contribution in [2.75, 3.05) is 81.9 Å². The molecule has 73 heavy (non-hydrogen) atoms. The van der Waals surface area contributed by atoms with Gasteiger partial charge in [-0.2, -0.15) is 0 Å². The van der Waals surface area contributed by atoms with Crippen molar-refractivity contribution in [3.63, 3.8) is 0 Å². The van der Waals surface area contributed by atoms with E-state index < -0.39 is 128 Å². The maximum absolute atomic E-state index is 17.1. The number of fused-ring (bicyclic) bond motifs is 4. The first kappa shape index (κ1) is 49.9. The van der Waals surface area contributed by atoms with Crippen LogP contribution >= 0.6 is 0 Å². The number of hydrogen-bond donors (Lipinski definition) is 4. The molecule has 3 unspecified atom stereocenters. The number of carbonyl (C=O) groups excluding carboxylic acids is 3. The lowest BCUT2D eigenvalue weighted by Gasteiger charge is -2.45. The zero-order valence-electron chi connectivity index (χ0n) is 41.3. The van der Waals surface area contributed by atoms with Gasteiger partial charge in [0.05, 0.1) is 41.0 Å². The fourth-order valence-corrected chi connectivity index (χ4v) is 11.5. The predicted octanol–water partition coefficient (Wildman–Crippen LogP) is 5.13. The molecule has 5 atom stereocenters. The van der Waals surface area contributed by atoms with Crippen molar-refractivity contribution in [3.05, 3.63) is 70.8 Å². The number of aromatic nitrogens is 2. The van der Waals surface area contributed by atoms with Crippen LogP contribution in [0.25, 0.3) is 22.5 Å². The first-order valence-corrected chi connectivity index (χ1v) is 24.4. The summed E-state index contributed by atoms with van der Waals surface area (Å²) < 4.78 is 83.1. The summed E-state index contributed by atoms with van der Waals surface area (Å²) in [6.45, 7) is 10.8. The molecule has 4 saturated heterocycles. The minimum absolute atomic E-state index is 0.00920. The molecule has 4 aromatic rings. The van der Waals surface area contributed by atoms with Gasteiger partial charge in [0, 0.05) is 64.4 Å². The van der Waals surface area contributed by atoms with E-state index in [1.165, 1.54) is 34.1 Å². The number of hydrogen-bond acceptors (Lipinski definition) is 15. The van der Waals surface area contributed by atoms with E-state index in [0.29, 0.717) is 0 Å². The number of ether oxygens (including phenoxy) is 3. The number of pyridine rings is 2. The van der Waals surface area contributed by atoms with Gasteiger partial charge in [-0.15, -0.1) is 0 Å². The molecule has 8 heterocycles. The molecule has 0 bridgehead atoms. The molecule has 6 aliphatic rings. The molecule has 4 N–H and O–H groups in total. The molecule has 22 heteroatoms. The summed E-state index contributed by atoms with van der Waals surface area (Å²) in [5.74, 6) is -8.05. The van der Waals surface area contributed by atoms with E-state index in [0.717, 1.165) is 12.1 Å². The summed E-state index contributed by atoms with van der Waals surface area (Å²) >= 11 is 0. The van der Waals surface area contributed by atoms with Crippen LogP contribution in [0.1, 0.15) is 75.1 Å². The van der Waals surface area contributed by atoms with Gasteiger partial charge < -0.3 is 59.1 Å². The summed E-state index contributed by atoms with van der Waals surface area (Å²) in [5, 5.41) is 44.1. The highest BCUT2D eigenvalue weighted by Crippen LogP contribution is 2.48. The number of rotatable bonds is 6. The number of phenolic OH excluding ortho intramolecular Hbond substituents is 2. The van der Waals surface area contributed by atoms with Gasteiger partial charge in [-0.05, 0) is 78.6 Å². The normalized spacial score (nSPS) is 25.1. The number of aliphatic hydroxyl groups excluding tert-OH is 2. The van der Waals surface area contributed by atoms with Crippen molar-refractivity contribution >= 4 is 29.5 Å². The average molecular weight is 1020 g/mol. The SMILES string of the molecule is CC(C)(C)OC(=O)N1CCN2C(=O)c3c(N4CC(O)CC4(C)CN4CCN5C(=O)c6c(N7CC(O)CC7(C)C)nc(-c7c(O)cccc7F)c(F)c6OC[C@H]5C4)nc(-c4c(O)cccc4F)c(F)c3OC[C@H]2C1. The third-order valence-electron chi connectivity index (χ3n) is 14.8.